The quantitative estimate of drug-likeness (QED) is 0.664. The number of morpholine rings is 1. The number of amides is 1. The molecule has 2 N–H and O–H groups in total. The summed E-state index contributed by atoms with van der Waals surface area (Å²) in [5, 5.41) is 5.96. The standard InChI is InChI=1S/C9H19N3O2.ClH/c1-12(2)5-3-11-9(13)8-7-10-4-6-14-8;/h8,10H,3-7H2,1-2H3,(H,11,13);1H. The van der Waals surface area contributed by atoms with Crippen LogP contribution >= 0.6 is 12.4 Å². The first-order valence-corrected chi connectivity index (χ1v) is 4.95. The Morgan fingerprint density at radius 2 is 2.33 bits per heavy atom. The van der Waals surface area contributed by atoms with Crippen molar-refractivity contribution >= 4 is 18.3 Å². The number of likely N-dealkylation sites (N-methyl/N-ethyl adjacent to an activating group) is 1. The second-order valence-corrected chi connectivity index (χ2v) is 3.66. The molecule has 0 aromatic heterocycles. The van der Waals surface area contributed by atoms with E-state index >= 15 is 0 Å². The third kappa shape index (κ3) is 5.94. The third-order valence-electron chi connectivity index (χ3n) is 2.08. The molecular formula is C9H20ClN3O2. The highest BCUT2D eigenvalue weighted by Gasteiger charge is 2.20. The van der Waals surface area contributed by atoms with Gasteiger partial charge in [-0.05, 0) is 14.1 Å². The van der Waals surface area contributed by atoms with Gasteiger partial charge in [0.05, 0.1) is 6.61 Å². The number of nitrogens with zero attached hydrogens (tertiary/aromatic N) is 1. The molecule has 90 valence electrons. The third-order valence-corrected chi connectivity index (χ3v) is 2.08. The summed E-state index contributed by atoms with van der Waals surface area (Å²) < 4.78 is 5.31. The zero-order valence-corrected chi connectivity index (χ0v) is 10.1. The molecule has 1 unspecified atom stereocenters. The lowest BCUT2D eigenvalue weighted by Crippen LogP contribution is -2.48. The number of ether oxygens (including phenoxy) is 1. The summed E-state index contributed by atoms with van der Waals surface area (Å²) in [7, 11) is 3.95. The Kier molecular flexibility index (Phi) is 7.68. The highest BCUT2D eigenvalue weighted by molar-refractivity contribution is 5.85. The molecule has 0 aliphatic carbocycles. The van der Waals surface area contributed by atoms with Gasteiger partial charge in [0.1, 0.15) is 6.10 Å². The molecule has 15 heavy (non-hydrogen) atoms. The van der Waals surface area contributed by atoms with Gasteiger partial charge < -0.3 is 20.3 Å². The van der Waals surface area contributed by atoms with Gasteiger partial charge in [-0.15, -0.1) is 12.4 Å². The van der Waals surface area contributed by atoms with Gasteiger partial charge in [0.2, 0.25) is 0 Å². The van der Waals surface area contributed by atoms with Gasteiger partial charge in [-0.1, -0.05) is 0 Å². The van der Waals surface area contributed by atoms with Crippen LogP contribution in [0.3, 0.4) is 0 Å². The Bertz CT molecular complexity index is 184. The van der Waals surface area contributed by atoms with Crippen molar-refractivity contribution in [3.63, 3.8) is 0 Å². The van der Waals surface area contributed by atoms with E-state index in [2.05, 4.69) is 10.6 Å². The first-order valence-electron chi connectivity index (χ1n) is 4.95. The van der Waals surface area contributed by atoms with Gasteiger partial charge in [-0.25, -0.2) is 0 Å². The Hall–Kier alpha value is -0.360. The van der Waals surface area contributed by atoms with E-state index in [-0.39, 0.29) is 24.4 Å². The largest absolute Gasteiger partial charge is 0.366 e. The molecular weight excluding hydrogens is 218 g/mol. The number of halogens is 1. The van der Waals surface area contributed by atoms with Crippen molar-refractivity contribution in [3.05, 3.63) is 0 Å². The predicted octanol–water partition coefficient (Wildman–Crippen LogP) is -0.926. The maximum Gasteiger partial charge on any atom is 0.250 e. The minimum absolute atomic E-state index is 0. The van der Waals surface area contributed by atoms with Gasteiger partial charge in [-0.2, -0.15) is 0 Å². The number of hydrogen-bond acceptors (Lipinski definition) is 4. The number of nitrogens with one attached hydrogen (secondary N) is 2. The van der Waals surface area contributed by atoms with Crippen molar-refractivity contribution in [3.8, 4) is 0 Å². The van der Waals surface area contributed by atoms with Crippen molar-refractivity contribution in [1.29, 1.82) is 0 Å². The van der Waals surface area contributed by atoms with E-state index in [4.69, 9.17) is 4.74 Å². The lowest BCUT2D eigenvalue weighted by atomic mass is 10.3. The molecule has 1 amide bonds. The molecule has 6 heteroatoms. The SMILES string of the molecule is CN(C)CCNC(=O)C1CNCCO1.Cl. The molecule has 0 spiro atoms. The van der Waals surface area contributed by atoms with Crippen molar-refractivity contribution in [1.82, 2.24) is 15.5 Å². The number of carbonyl (C=O) groups is 1. The zero-order valence-electron chi connectivity index (χ0n) is 9.28. The van der Waals surface area contributed by atoms with Crippen LogP contribution in [0.15, 0.2) is 0 Å². The summed E-state index contributed by atoms with van der Waals surface area (Å²) >= 11 is 0. The lowest BCUT2D eigenvalue weighted by Gasteiger charge is -2.23. The van der Waals surface area contributed by atoms with E-state index in [0.29, 0.717) is 19.7 Å². The van der Waals surface area contributed by atoms with Gasteiger partial charge in [0.15, 0.2) is 0 Å². The minimum atomic E-state index is -0.314. The fourth-order valence-electron chi connectivity index (χ4n) is 1.25. The van der Waals surface area contributed by atoms with Crippen LogP contribution in [0.25, 0.3) is 0 Å². The molecule has 1 aliphatic heterocycles. The van der Waals surface area contributed by atoms with Crippen LogP contribution in [-0.4, -0.2) is 63.8 Å². The summed E-state index contributed by atoms with van der Waals surface area (Å²) in [4.78, 5) is 13.5. The topological polar surface area (TPSA) is 53.6 Å². The highest BCUT2D eigenvalue weighted by atomic mass is 35.5. The fourth-order valence-corrected chi connectivity index (χ4v) is 1.25. The minimum Gasteiger partial charge on any atom is -0.366 e. The van der Waals surface area contributed by atoms with E-state index in [1.54, 1.807) is 0 Å². The first-order chi connectivity index (χ1) is 6.70. The number of hydrogen-bond donors (Lipinski definition) is 2. The monoisotopic (exact) mass is 237 g/mol. The van der Waals surface area contributed by atoms with E-state index in [9.17, 15) is 4.79 Å². The van der Waals surface area contributed by atoms with Crippen LogP contribution in [0.4, 0.5) is 0 Å². The second-order valence-electron chi connectivity index (χ2n) is 3.66. The molecule has 0 aromatic rings. The van der Waals surface area contributed by atoms with Crippen LogP contribution in [0.2, 0.25) is 0 Å². The average Bonchev–Trinajstić information content (AvgIpc) is 2.18. The molecule has 1 atom stereocenters. The van der Waals surface area contributed by atoms with E-state index < -0.39 is 0 Å². The molecule has 1 fully saturated rings. The Labute approximate surface area is 96.9 Å². The second kappa shape index (κ2) is 7.87. The summed E-state index contributed by atoms with van der Waals surface area (Å²) in [5.41, 5.74) is 0. The van der Waals surface area contributed by atoms with Crippen molar-refractivity contribution in [2.24, 2.45) is 0 Å². The maximum atomic E-state index is 11.5. The number of rotatable bonds is 4. The molecule has 1 saturated heterocycles. The smallest absolute Gasteiger partial charge is 0.250 e. The Morgan fingerprint density at radius 1 is 1.60 bits per heavy atom. The van der Waals surface area contributed by atoms with E-state index in [0.717, 1.165) is 13.1 Å². The normalized spacial score (nSPS) is 20.9. The molecule has 0 radical (unpaired) electrons. The molecule has 0 aromatic carbocycles. The van der Waals surface area contributed by atoms with Crippen LogP contribution < -0.4 is 10.6 Å². The van der Waals surface area contributed by atoms with Crippen LogP contribution in [0, 0.1) is 0 Å². The lowest BCUT2D eigenvalue weighted by molar-refractivity contribution is -0.134. The van der Waals surface area contributed by atoms with E-state index in [1.165, 1.54) is 0 Å². The predicted molar refractivity (Wildman–Crippen MR) is 61.4 cm³/mol. The molecule has 1 rings (SSSR count). The van der Waals surface area contributed by atoms with Gasteiger partial charge in [0.25, 0.3) is 5.91 Å². The van der Waals surface area contributed by atoms with Crippen molar-refractivity contribution in [2.75, 3.05) is 46.9 Å². The van der Waals surface area contributed by atoms with E-state index in [1.807, 2.05) is 19.0 Å². The van der Waals surface area contributed by atoms with Crippen LogP contribution in [0.1, 0.15) is 0 Å². The zero-order chi connectivity index (χ0) is 10.4. The fraction of sp³-hybridized carbons (Fsp3) is 0.889. The molecule has 0 bridgehead atoms. The van der Waals surface area contributed by atoms with Gasteiger partial charge in [0, 0.05) is 26.2 Å². The van der Waals surface area contributed by atoms with Gasteiger partial charge in [-0.3, -0.25) is 4.79 Å². The molecule has 5 nitrogen and oxygen atoms in total. The summed E-state index contributed by atoms with van der Waals surface area (Å²) in [6.07, 6.45) is -0.314. The molecule has 1 heterocycles. The molecule has 1 aliphatic rings. The van der Waals surface area contributed by atoms with Gasteiger partial charge >= 0.3 is 0 Å². The number of carbonyl (C=O) groups excluding carboxylic acids is 1. The van der Waals surface area contributed by atoms with Crippen LogP contribution in [0.5, 0.6) is 0 Å². The highest BCUT2D eigenvalue weighted by Crippen LogP contribution is 1.95. The van der Waals surface area contributed by atoms with Crippen LogP contribution in [-0.2, 0) is 9.53 Å². The Morgan fingerprint density at radius 3 is 2.87 bits per heavy atom. The summed E-state index contributed by atoms with van der Waals surface area (Å²) in [6, 6.07) is 0. The maximum absolute atomic E-state index is 11.5. The molecule has 0 saturated carbocycles. The first kappa shape index (κ1) is 14.6. The summed E-state index contributed by atoms with van der Waals surface area (Å²) in [6.45, 7) is 3.60. The Balaban J connectivity index is 0.00000196. The summed E-state index contributed by atoms with van der Waals surface area (Å²) in [5.74, 6) is -0.0148. The average molecular weight is 238 g/mol. The van der Waals surface area contributed by atoms with Crippen molar-refractivity contribution < 1.29 is 9.53 Å². The van der Waals surface area contributed by atoms with Crippen molar-refractivity contribution in [2.45, 2.75) is 6.10 Å².